The number of carbonyl (C=O) groups excluding carboxylic acids is 3. The fraction of sp³-hybridized carbons (Fsp3) is 0.562. The van der Waals surface area contributed by atoms with E-state index in [4.69, 9.17) is 9.15 Å². The SMILES string of the molecule is CC(C)OC(=O)[C@@H]1CCCN1C(=O)CN(C)C(=O)c1ccco1. The van der Waals surface area contributed by atoms with Gasteiger partial charge in [-0.25, -0.2) is 4.79 Å². The van der Waals surface area contributed by atoms with E-state index in [1.54, 1.807) is 26.0 Å². The molecule has 1 aliphatic rings. The zero-order chi connectivity index (χ0) is 17.0. The molecule has 1 atom stereocenters. The largest absolute Gasteiger partial charge is 0.461 e. The van der Waals surface area contributed by atoms with Crippen LogP contribution >= 0.6 is 0 Å². The molecule has 7 nitrogen and oxygen atoms in total. The maximum Gasteiger partial charge on any atom is 0.329 e. The average molecular weight is 322 g/mol. The standard InChI is InChI=1S/C16H22N2O5/c1-11(2)23-16(21)12-6-4-8-18(12)14(19)10-17(3)15(20)13-7-5-9-22-13/h5,7,9,11-12H,4,6,8,10H2,1-3H3/t12-/m0/s1. The fourth-order valence-electron chi connectivity index (χ4n) is 2.57. The highest BCUT2D eigenvalue weighted by molar-refractivity contribution is 5.94. The summed E-state index contributed by atoms with van der Waals surface area (Å²) in [5, 5.41) is 0. The lowest BCUT2D eigenvalue weighted by Crippen LogP contribution is -2.46. The van der Waals surface area contributed by atoms with Gasteiger partial charge in [0.15, 0.2) is 5.76 Å². The molecule has 23 heavy (non-hydrogen) atoms. The molecule has 1 saturated heterocycles. The van der Waals surface area contributed by atoms with Gasteiger partial charge in [0.05, 0.1) is 18.9 Å². The quantitative estimate of drug-likeness (QED) is 0.763. The van der Waals surface area contributed by atoms with Crippen molar-refractivity contribution in [3.05, 3.63) is 24.2 Å². The first kappa shape index (κ1) is 17.1. The second-order valence-corrected chi connectivity index (χ2v) is 5.87. The van der Waals surface area contributed by atoms with Crippen molar-refractivity contribution < 1.29 is 23.5 Å². The minimum absolute atomic E-state index is 0.106. The maximum atomic E-state index is 12.4. The molecular formula is C16H22N2O5. The van der Waals surface area contributed by atoms with Crippen LogP contribution in [-0.2, 0) is 14.3 Å². The lowest BCUT2D eigenvalue weighted by Gasteiger charge is -2.26. The summed E-state index contributed by atoms with van der Waals surface area (Å²) in [6, 6.07) is 2.60. The number of hydrogen-bond acceptors (Lipinski definition) is 5. The van der Waals surface area contributed by atoms with Crippen LogP contribution in [0.25, 0.3) is 0 Å². The van der Waals surface area contributed by atoms with Gasteiger partial charge in [0.25, 0.3) is 5.91 Å². The molecule has 2 rings (SSSR count). The monoisotopic (exact) mass is 322 g/mol. The number of carbonyl (C=O) groups is 3. The fourth-order valence-corrected chi connectivity index (χ4v) is 2.57. The third-order valence-corrected chi connectivity index (χ3v) is 3.65. The van der Waals surface area contributed by atoms with Gasteiger partial charge in [0.2, 0.25) is 5.91 Å². The number of nitrogens with zero attached hydrogens (tertiary/aromatic N) is 2. The number of furan rings is 1. The predicted molar refractivity (Wildman–Crippen MR) is 81.6 cm³/mol. The Kier molecular flexibility index (Phi) is 5.41. The zero-order valence-corrected chi connectivity index (χ0v) is 13.7. The van der Waals surface area contributed by atoms with Gasteiger partial charge in [0, 0.05) is 13.6 Å². The van der Waals surface area contributed by atoms with E-state index in [-0.39, 0.29) is 36.2 Å². The van der Waals surface area contributed by atoms with Crippen molar-refractivity contribution >= 4 is 17.8 Å². The third-order valence-electron chi connectivity index (χ3n) is 3.65. The van der Waals surface area contributed by atoms with Crippen LogP contribution in [0.5, 0.6) is 0 Å². The van der Waals surface area contributed by atoms with Crippen molar-refractivity contribution in [1.29, 1.82) is 0 Å². The molecule has 0 saturated carbocycles. The van der Waals surface area contributed by atoms with E-state index in [0.29, 0.717) is 13.0 Å². The molecule has 0 unspecified atom stereocenters. The molecular weight excluding hydrogens is 300 g/mol. The molecule has 2 heterocycles. The van der Waals surface area contributed by atoms with Crippen LogP contribution in [0.15, 0.2) is 22.8 Å². The van der Waals surface area contributed by atoms with Crippen LogP contribution < -0.4 is 0 Å². The van der Waals surface area contributed by atoms with Crippen LogP contribution in [-0.4, -0.2) is 59.9 Å². The second kappa shape index (κ2) is 7.30. The molecule has 1 aromatic rings. The van der Waals surface area contributed by atoms with E-state index in [1.807, 2.05) is 0 Å². The molecule has 0 spiro atoms. The van der Waals surface area contributed by atoms with E-state index in [0.717, 1.165) is 6.42 Å². The summed E-state index contributed by atoms with van der Waals surface area (Å²) in [7, 11) is 1.53. The maximum absolute atomic E-state index is 12.4. The first-order valence-electron chi connectivity index (χ1n) is 7.69. The number of likely N-dealkylation sites (tertiary alicyclic amines) is 1. The molecule has 1 aromatic heterocycles. The zero-order valence-electron chi connectivity index (χ0n) is 13.7. The molecule has 126 valence electrons. The van der Waals surface area contributed by atoms with Crippen molar-refractivity contribution in [2.75, 3.05) is 20.1 Å². The summed E-state index contributed by atoms with van der Waals surface area (Å²) in [6.45, 7) is 3.94. The number of likely N-dealkylation sites (N-methyl/N-ethyl adjacent to an activating group) is 1. The number of rotatable bonds is 5. The minimum Gasteiger partial charge on any atom is -0.461 e. The lowest BCUT2D eigenvalue weighted by molar-refractivity contribution is -0.156. The molecule has 1 fully saturated rings. The van der Waals surface area contributed by atoms with Gasteiger partial charge in [-0.3, -0.25) is 9.59 Å². The highest BCUT2D eigenvalue weighted by Crippen LogP contribution is 2.19. The highest BCUT2D eigenvalue weighted by Gasteiger charge is 2.36. The van der Waals surface area contributed by atoms with Gasteiger partial charge < -0.3 is 19.0 Å². The van der Waals surface area contributed by atoms with Crippen LogP contribution in [0.3, 0.4) is 0 Å². The first-order chi connectivity index (χ1) is 10.9. The van der Waals surface area contributed by atoms with Gasteiger partial charge in [-0.05, 0) is 38.8 Å². The van der Waals surface area contributed by atoms with Crippen LogP contribution in [0.4, 0.5) is 0 Å². The van der Waals surface area contributed by atoms with E-state index < -0.39 is 6.04 Å². The number of amides is 2. The average Bonchev–Trinajstić information content (AvgIpc) is 3.16. The highest BCUT2D eigenvalue weighted by atomic mass is 16.5. The Hall–Kier alpha value is -2.31. The Morgan fingerprint density at radius 1 is 1.43 bits per heavy atom. The van der Waals surface area contributed by atoms with Crippen molar-refractivity contribution in [3.8, 4) is 0 Å². The molecule has 0 aromatic carbocycles. The topological polar surface area (TPSA) is 80.1 Å². The Morgan fingerprint density at radius 2 is 2.17 bits per heavy atom. The third kappa shape index (κ3) is 4.12. The van der Waals surface area contributed by atoms with E-state index in [1.165, 1.54) is 23.1 Å². The van der Waals surface area contributed by atoms with Gasteiger partial charge in [-0.2, -0.15) is 0 Å². The molecule has 0 aliphatic carbocycles. The lowest BCUT2D eigenvalue weighted by atomic mass is 10.2. The molecule has 2 amide bonds. The first-order valence-corrected chi connectivity index (χ1v) is 7.69. The van der Waals surface area contributed by atoms with Crippen molar-refractivity contribution in [3.63, 3.8) is 0 Å². The Labute approximate surface area is 135 Å². The van der Waals surface area contributed by atoms with Gasteiger partial charge in [-0.1, -0.05) is 0 Å². The normalized spacial score (nSPS) is 17.4. The smallest absolute Gasteiger partial charge is 0.329 e. The van der Waals surface area contributed by atoms with Gasteiger partial charge in [0.1, 0.15) is 6.04 Å². The Morgan fingerprint density at radius 3 is 2.78 bits per heavy atom. The second-order valence-electron chi connectivity index (χ2n) is 5.87. The summed E-state index contributed by atoms with van der Waals surface area (Å²) >= 11 is 0. The van der Waals surface area contributed by atoms with Crippen LogP contribution in [0.1, 0.15) is 37.2 Å². The van der Waals surface area contributed by atoms with E-state index in [9.17, 15) is 14.4 Å². The Balaban J connectivity index is 1.96. The Bertz CT molecular complexity index is 567. The van der Waals surface area contributed by atoms with Gasteiger partial charge >= 0.3 is 5.97 Å². The summed E-state index contributed by atoms with van der Waals surface area (Å²) < 4.78 is 10.2. The number of ether oxygens (including phenoxy) is 1. The van der Waals surface area contributed by atoms with Crippen molar-refractivity contribution in [1.82, 2.24) is 9.80 Å². The summed E-state index contributed by atoms with van der Waals surface area (Å²) in [4.78, 5) is 39.4. The molecule has 0 radical (unpaired) electrons. The number of esters is 1. The predicted octanol–water partition coefficient (Wildman–Crippen LogP) is 1.29. The number of hydrogen-bond donors (Lipinski definition) is 0. The summed E-state index contributed by atoms with van der Waals surface area (Å²) in [6.07, 6.45) is 2.52. The van der Waals surface area contributed by atoms with Gasteiger partial charge in [-0.15, -0.1) is 0 Å². The van der Waals surface area contributed by atoms with Crippen LogP contribution in [0, 0.1) is 0 Å². The molecule has 7 heteroatoms. The summed E-state index contributed by atoms with van der Waals surface area (Å²) in [5.41, 5.74) is 0. The van der Waals surface area contributed by atoms with Crippen molar-refractivity contribution in [2.24, 2.45) is 0 Å². The molecule has 0 bridgehead atoms. The minimum atomic E-state index is -0.558. The van der Waals surface area contributed by atoms with Crippen LogP contribution in [0.2, 0.25) is 0 Å². The molecule has 1 aliphatic heterocycles. The van der Waals surface area contributed by atoms with E-state index >= 15 is 0 Å². The van der Waals surface area contributed by atoms with E-state index in [2.05, 4.69) is 0 Å². The van der Waals surface area contributed by atoms with Crippen molar-refractivity contribution in [2.45, 2.75) is 38.8 Å². The molecule has 0 N–H and O–H groups in total. The summed E-state index contributed by atoms with van der Waals surface area (Å²) in [5.74, 6) is -0.845.